The van der Waals surface area contributed by atoms with Crippen molar-refractivity contribution in [2.45, 2.75) is 20.0 Å². The first-order valence-electron chi connectivity index (χ1n) is 9.16. The molecule has 7 nitrogen and oxygen atoms in total. The monoisotopic (exact) mass is 415 g/mol. The number of anilines is 1. The van der Waals surface area contributed by atoms with E-state index in [1.54, 1.807) is 55.6 Å². The third-order valence-corrected chi connectivity index (χ3v) is 3.90. The number of benzene rings is 2. The van der Waals surface area contributed by atoms with Gasteiger partial charge in [0.2, 0.25) is 0 Å². The van der Waals surface area contributed by atoms with Gasteiger partial charge in [0.15, 0.2) is 5.11 Å². The lowest BCUT2D eigenvalue weighted by Gasteiger charge is -2.15. The second-order valence-corrected chi connectivity index (χ2v) is 6.81. The van der Waals surface area contributed by atoms with Crippen LogP contribution in [0.25, 0.3) is 0 Å². The summed E-state index contributed by atoms with van der Waals surface area (Å²) >= 11 is 5.24. The smallest absolute Gasteiger partial charge is 0.261 e. The molecule has 2 amide bonds. The fourth-order valence-corrected chi connectivity index (χ4v) is 2.66. The Hall–Kier alpha value is -2.97. The fraction of sp³-hybridized carbons (Fsp3) is 0.286. The molecule has 0 fully saturated rings. The molecule has 154 valence electrons. The number of para-hydroxylation sites is 1. The summed E-state index contributed by atoms with van der Waals surface area (Å²) in [7, 11) is 1.57. The molecule has 29 heavy (non-hydrogen) atoms. The van der Waals surface area contributed by atoms with Gasteiger partial charge in [-0.05, 0) is 56.4 Å². The van der Waals surface area contributed by atoms with Gasteiger partial charge in [-0.3, -0.25) is 14.9 Å². The fourth-order valence-electron chi connectivity index (χ4n) is 2.45. The van der Waals surface area contributed by atoms with Crippen LogP contribution in [0.15, 0.2) is 48.5 Å². The SMILES string of the molecule is COCCNC(=O)c1cccc(NC(=S)NC(=O)c2ccccc2OC(C)C)c1. The van der Waals surface area contributed by atoms with E-state index in [1.165, 1.54) is 0 Å². The third-order valence-electron chi connectivity index (χ3n) is 3.70. The zero-order valence-corrected chi connectivity index (χ0v) is 17.5. The molecule has 0 spiro atoms. The van der Waals surface area contributed by atoms with Crippen molar-refractivity contribution in [3.8, 4) is 5.75 Å². The Morgan fingerprint density at radius 1 is 1.07 bits per heavy atom. The van der Waals surface area contributed by atoms with Gasteiger partial charge < -0.3 is 20.1 Å². The van der Waals surface area contributed by atoms with Gasteiger partial charge in [0.1, 0.15) is 5.75 Å². The topological polar surface area (TPSA) is 88.7 Å². The number of hydrogen-bond acceptors (Lipinski definition) is 5. The summed E-state index contributed by atoms with van der Waals surface area (Å²) < 4.78 is 10.6. The van der Waals surface area contributed by atoms with Gasteiger partial charge >= 0.3 is 0 Å². The van der Waals surface area contributed by atoms with Crippen LogP contribution in [0.3, 0.4) is 0 Å². The molecule has 0 saturated heterocycles. The van der Waals surface area contributed by atoms with E-state index in [4.69, 9.17) is 21.7 Å². The Morgan fingerprint density at radius 2 is 1.83 bits per heavy atom. The molecule has 0 aliphatic rings. The molecule has 0 bridgehead atoms. The lowest BCUT2D eigenvalue weighted by atomic mass is 10.2. The Bertz CT molecular complexity index is 871. The van der Waals surface area contributed by atoms with Crippen LogP contribution in [0.4, 0.5) is 5.69 Å². The summed E-state index contributed by atoms with van der Waals surface area (Å²) in [4.78, 5) is 24.7. The van der Waals surface area contributed by atoms with Crippen molar-refractivity contribution in [3.63, 3.8) is 0 Å². The van der Waals surface area contributed by atoms with Crippen molar-refractivity contribution >= 4 is 34.8 Å². The van der Waals surface area contributed by atoms with E-state index in [0.29, 0.717) is 35.7 Å². The van der Waals surface area contributed by atoms with Crippen LogP contribution in [0.1, 0.15) is 34.6 Å². The largest absolute Gasteiger partial charge is 0.490 e. The predicted octanol–water partition coefficient (Wildman–Crippen LogP) is 2.98. The van der Waals surface area contributed by atoms with E-state index >= 15 is 0 Å². The molecule has 0 aliphatic carbocycles. The van der Waals surface area contributed by atoms with Gasteiger partial charge in [-0.15, -0.1) is 0 Å². The van der Waals surface area contributed by atoms with Crippen molar-refractivity contribution in [2.75, 3.05) is 25.6 Å². The van der Waals surface area contributed by atoms with E-state index in [2.05, 4.69) is 16.0 Å². The molecule has 8 heteroatoms. The minimum atomic E-state index is -0.382. The summed E-state index contributed by atoms with van der Waals surface area (Å²) in [5, 5.41) is 8.42. The second-order valence-electron chi connectivity index (χ2n) is 6.40. The molecule has 2 aromatic rings. The van der Waals surface area contributed by atoms with E-state index in [-0.39, 0.29) is 23.0 Å². The summed E-state index contributed by atoms with van der Waals surface area (Å²) in [6, 6.07) is 13.8. The Labute approximate surface area is 175 Å². The number of rotatable bonds is 8. The number of carbonyl (C=O) groups is 2. The van der Waals surface area contributed by atoms with Crippen molar-refractivity contribution in [2.24, 2.45) is 0 Å². The average molecular weight is 416 g/mol. The maximum Gasteiger partial charge on any atom is 0.261 e. The van der Waals surface area contributed by atoms with Gasteiger partial charge in [0.05, 0.1) is 18.3 Å². The molecule has 0 heterocycles. The van der Waals surface area contributed by atoms with Crippen LogP contribution in [0.2, 0.25) is 0 Å². The number of carbonyl (C=O) groups excluding carboxylic acids is 2. The number of ether oxygens (including phenoxy) is 2. The highest BCUT2D eigenvalue weighted by Gasteiger charge is 2.15. The highest BCUT2D eigenvalue weighted by molar-refractivity contribution is 7.80. The molecule has 0 saturated carbocycles. The summed E-state index contributed by atoms with van der Waals surface area (Å²) in [6.07, 6.45) is -0.0631. The molecule has 2 aromatic carbocycles. The van der Waals surface area contributed by atoms with E-state index in [1.807, 2.05) is 13.8 Å². The van der Waals surface area contributed by atoms with Gasteiger partial charge in [0.25, 0.3) is 11.8 Å². The van der Waals surface area contributed by atoms with Crippen molar-refractivity contribution in [3.05, 3.63) is 59.7 Å². The number of methoxy groups -OCH3 is 1. The van der Waals surface area contributed by atoms with Crippen LogP contribution < -0.4 is 20.7 Å². The van der Waals surface area contributed by atoms with Crippen LogP contribution >= 0.6 is 12.2 Å². The van der Waals surface area contributed by atoms with Crippen LogP contribution in [-0.4, -0.2) is 43.3 Å². The number of thiocarbonyl (C=S) groups is 1. The Balaban J connectivity index is 2.00. The van der Waals surface area contributed by atoms with E-state index in [9.17, 15) is 9.59 Å². The van der Waals surface area contributed by atoms with Crippen LogP contribution in [0.5, 0.6) is 5.75 Å². The van der Waals surface area contributed by atoms with Gasteiger partial charge in [0, 0.05) is 24.9 Å². The van der Waals surface area contributed by atoms with Crippen molar-refractivity contribution in [1.82, 2.24) is 10.6 Å². The maximum absolute atomic E-state index is 12.6. The van der Waals surface area contributed by atoms with Gasteiger partial charge in [-0.1, -0.05) is 18.2 Å². The Morgan fingerprint density at radius 3 is 2.55 bits per heavy atom. The third kappa shape index (κ3) is 7.17. The summed E-state index contributed by atoms with van der Waals surface area (Å²) in [6.45, 7) is 4.62. The van der Waals surface area contributed by atoms with E-state index < -0.39 is 0 Å². The highest BCUT2D eigenvalue weighted by atomic mass is 32.1. The van der Waals surface area contributed by atoms with Gasteiger partial charge in [-0.25, -0.2) is 0 Å². The zero-order chi connectivity index (χ0) is 21.2. The molecule has 0 aliphatic heterocycles. The lowest BCUT2D eigenvalue weighted by molar-refractivity contribution is 0.0935. The summed E-state index contributed by atoms with van der Waals surface area (Å²) in [5.41, 5.74) is 1.44. The zero-order valence-electron chi connectivity index (χ0n) is 16.7. The predicted molar refractivity (Wildman–Crippen MR) is 117 cm³/mol. The normalized spacial score (nSPS) is 10.3. The first-order chi connectivity index (χ1) is 13.9. The quantitative estimate of drug-likeness (QED) is 0.454. The Kier molecular flexibility index (Phi) is 8.57. The average Bonchev–Trinajstić information content (AvgIpc) is 2.68. The number of amides is 2. The molecule has 2 rings (SSSR count). The first-order valence-corrected chi connectivity index (χ1v) is 9.56. The molecule has 0 aromatic heterocycles. The first kappa shape index (κ1) is 22.3. The molecule has 0 radical (unpaired) electrons. The van der Waals surface area contributed by atoms with Gasteiger partial charge in [-0.2, -0.15) is 0 Å². The number of nitrogens with one attached hydrogen (secondary N) is 3. The molecular weight excluding hydrogens is 390 g/mol. The maximum atomic E-state index is 12.6. The number of hydrogen-bond donors (Lipinski definition) is 3. The van der Waals surface area contributed by atoms with Crippen molar-refractivity contribution in [1.29, 1.82) is 0 Å². The van der Waals surface area contributed by atoms with E-state index in [0.717, 1.165) is 0 Å². The minimum Gasteiger partial charge on any atom is -0.490 e. The molecule has 3 N–H and O–H groups in total. The molecule has 0 unspecified atom stereocenters. The molecule has 0 atom stereocenters. The molecular formula is C21H25N3O4S. The van der Waals surface area contributed by atoms with Crippen LogP contribution in [-0.2, 0) is 4.74 Å². The standard InChI is InChI=1S/C21H25N3O4S/c1-14(2)28-18-10-5-4-9-17(18)20(26)24-21(29)23-16-8-6-7-15(13-16)19(25)22-11-12-27-3/h4-10,13-14H,11-12H2,1-3H3,(H,22,25)(H2,23,24,26,29). The second kappa shape index (κ2) is 11.1. The highest BCUT2D eigenvalue weighted by Crippen LogP contribution is 2.19. The summed E-state index contributed by atoms with van der Waals surface area (Å²) in [5.74, 6) is -0.120. The lowest BCUT2D eigenvalue weighted by Crippen LogP contribution is -2.34. The minimum absolute atomic E-state index is 0.0631. The van der Waals surface area contributed by atoms with Crippen molar-refractivity contribution < 1.29 is 19.1 Å². The van der Waals surface area contributed by atoms with Crippen LogP contribution in [0, 0.1) is 0 Å².